The molecule has 2 unspecified atom stereocenters. The number of rotatable bonds is 5. The fourth-order valence-corrected chi connectivity index (χ4v) is 2.18. The van der Waals surface area contributed by atoms with Gasteiger partial charge >= 0.3 is 0 Å². The molecule has 0 heterocycles. The van der Waals surface area contributed by atoms with Gasteiger partial charge in [-0.3, -0.25) is 0 Å². The molecule has 2 atom stereocenters. The molecule has 2 heteroatoms. The zero-order chi connectivity index (χ0) is 12.1. The average Bonchev–Trinajstić information content (AvgIpc) is 2.28. The van der Waals surface area contributed by atoms with E-state index in [9.17, 15) is 0 Å². The quantitative estimate of drug-likeness (QED) is 0.802. The van der Waals surface area contributed by atoms with Gasteiger partial charge < -0.3 is 10.8 Å². The molecule has 0 saturated heterocycles. The van der Waals surface area contributed by atoms with Gasteiger partial charge in [-0.15, -0.1) is 0 Å². The fourth-order valence-electron chi connectivity index (χ4n) is 2.18. The normalized spacial score (nSPS) is 14.8. The highest BCUT2D eigenvalue weighted by Gasteiger charge is 2.19. The Labute approximate surface area is 98.5 Å². The molecule has 0 aliphatic rings. The molecule has 0 aromatic heterocycles. The molecule has 0 spiro atoms. The molecular formula is C14H23NO. The van der Waals surface area contributed by atoms with E-state index in [1.807, 2.05) is 0 Å². The van der Waals surface area contributed by atoms with E-state index < -0.39 is 0 Å². The minimum absolute atomic E-state index is 0.132. The fraction of sp³-hybridized carbons (Fsp3) is 0.571. The first-order valence-corrected chi connectivity index (χ1v) is 6.03. The minimum Gasteiger partial charge on any atom is -0.396 e. The number of nitrogens with two attached hydrogens (primary N) is 1. The highest BCUT2D eigenvalue weighted by molar-refractivity contribution is 5.34. The predicted molar refractivity (Wildman–Crippen MR) is 68.6 cm³/mol. The van der Waals surface area contributed by atoms with Gasteiger partial charge in [0.15, 0.2) is 0 Å². The summed E-state index contributed by atoms with van der Waals surface area (Å²) >= 11 is 0. The largest absolute Gasteiger partial charge is 0.396 e. The maximum Gasteiger partial charge on any atom is 0.0437 e. The summed E-state index contributed by atoms with van der Waals surface area (Å²) in [6, 6.07) is 6.59. The third-order valence-corrected chi connectivity index (χ3v) is 3.26. The van der Waals surface area contributed by atoms with Gasteiger partial charge in [-0.05, 0) is 37.8 Å². The Morgan fingerprint density at radius 1 is 1.31 bits per heavy atom. The molecule has 0 aliphatic carbocycles. The molecule has 1 aromatic carbocycles. The summed E-state index contributed by atoms with van der Waals surface area (Å²) in [5.41, 5.74) is 9.97. The van der Waals surface area contributed by atoms with E-state index in [4.69, 9.17) is 10.8 Å². The summed E-state index contributed by atoms with van der Waals surface area (Å²) in [6.45, 7) is 6.50. The second kappa shape index (κ2) is 6.02. The van der Waals surface area contributed by atoms with E-state index in [1.165, 1.54) is 16.7 Å². The van der Waals surface area contributed by atoms with Crippen LogP contribution in [0.2, 0.25) is 0 Å². The van der Waals surface area contributed by atoms with Crippen molar-refractivity contribution in [2.45, 2.75) is 45.6 Å². The Morgan fingerprint density at radius 2 is 2.00 bits per heavy atom. The highest BCUT2D eigenvalue weighted by Crippen LogP contribution is 2.27. The first-order chi connectivity index (χ1) is 7.60. The van der Waals surface area contributed by atoms with E-state index in [1.54, 1.807) is 0 Å². The minimum atomic E-state index is 0.132. The van der Waals surface area contributed by atoms with E-state index in [-0.39, 0.29) is 18.6 Å². The van der Waals surface area contributed by atoms with Gasteiger partial charge in [-0.2, -0.15) is 0 Å². The molecule has 0 aliphatic heterocycles. The van der Waals surface area contributed by atoms with Crippen LogP contribution in [0.5, 0.6) is 0 Å². The van der Waals surface area contributed by atoms with E-state index in [2.05, 4.69) is 39.0 Å². The van der Waals surface area contributed by atoms with Gasteiger partial charge in [-0.25, -0.2) is 0 Å². The van der Waals surface area contributed by atoms with Crippen LogP contribution >= 0.6 is 0 Å². The van der Waals surface area contributed by atoms with Crippen LogP contribution in [0, 0.1) is 13.8 Å². The summed E-state index contributed by atoms with van der Waals surface area (Å²) in [7, 11) is 0. The van der Waals surface area contributed by atoms with Crippen LogP contribution in [-0.4, -0.2) is 17.8 Å². The average molecular weight is 221 g/mol. The van der Waals surface area contributed by atoms with Crippen LogP contribution in [0.3, 0.4) is 0 Å². The number of aryl methyl sites for hydroxylation is 2. The lowest BCUT2D eigenvalue weighted by Crippen LogP contribution is -2.29. The van der Waals surface area contributed by atoms with Gasteiger partial charge in [0.25, 0.3) is 0 Å². The van der Waals surface area contributed by atoms with Crippen molar-refractivity contribution < 1.29 is 5.11 Å². The summed E-state index contributed by atoms with van der Waals surface area (Å²) in [5.74, 6) is 0.273. The molecule has 0 saturated carbocycles. The summed E-state index contributed by atoms with van der Waals surface area (Å²) in [4.78, 5) is 0. The highest BCUT2D eigenvalue weighted by atomic mass is 16.3. The number of aliphatic hydroxyl groups excluding tert-OH is 1. The van der Waals surface area contributed by atoms with E-state index in [0.717, 1.165) is 12.8 Å². The van der Waals surface area contributed by atoms with E-state index in [0.29, 0.717) is 0 Å². The predicted octanol–water partition coefficient (Wildman–Crippen LogP) is 2.51. The maximum absolute atomic E-state index is 9.15. The standard InChI is InChI=1S/C14H23NO/c1-4-14(15)12(7-8-16)13-9-10(2)5-6-11(13)3/h5-6,9,12,14,16H,4,7-8,15H2,1-3H3. The molecule has 90 valence electrons. The van der Waals surface area contributed by atoms with Gasteiger partial charge in [0.05, 0.1) is 0 Å². The number of hydrogen-bond acceptors (Lipinski definition) is 2. The number of hydrogen-bond donors (Lipinski definition) is 2. The van der Waals surface area contributed by atoms with Crippen molar-refractivity contribution in [2.75, 3.05) is 6.61 Å². The maximum atomic E-state index is 9.15. The van der Waals surface area contributed by atoms with Crippen molar-refractivity contribution in [1.29, 1.82) is 0 Å². The Hall–Kier alpha value is -0.860. The van der Waals surface area contributed by atoms with Crippen LogP contribution < -0.4 is 5.73 Å². The first-order valence-electron chi connectivity index (χ1n) is 6.03. The Balaban J connectivity index is 3.04. The molecule has 1 rings (SSSR count). The molecule has 2 nitrogen and oxygen atoms in total. The molecule has 1 aromatic rings. The van der Waals surface area contributed by atoms with E-state index >= 15 is 0 Å². The second-order valence-electron chi connectivity index (χ2n) is 4.55. The lowest BCUT2D eigenvalue weighted by atomic mass is 9.85. The molecule has 3 N–H and O–H groups in total. The second-order valence-corrected chi connectivity index (χ2v) is 4.55. The SMILES string of the molecule is CCC(N)C(CCO)c1cc(C)ccc1C. The third-order valence-electron chi connectivity index (χ3n) is 3.26. The zero-order valence-corrected chi connectivity index (χ0v) is 10.5. The van der Waals surface area contributed by atoms with Crippen molar-refractivity contribution in [3.63, 3.8) is 0 Å². The molecule has 0 fully saturated rings. The Kier molecular flexibility index (Phi) is 4.97. The van der Waals surface area contributed by atoms with Crippen LogP contribution in [0.1, 0.15) is 42.4 Å². The van der Waals surface area contributed by atoms with Crippen LogP contribution in [0.25, 0.3) is 0 Å². The van der Waals surface area contributed by atoms with Crippen molar-refractivity contribution in [1.82, 2.24) is 0 Å². The Bertz CT molecular complexity index is 336. The first kappa shape index (κ1) is 13.2. The number of benzene rings is 1. The molecule has 16 heavy (non-hydrogen) atoms. The van der Waals surface area contributed by atoms with Crippen LogP contribution in [0.4, 0.5) is 0 Å². The topological polar surface area (TPSA) is 46.2 Å². The van der Waals surface area contributed by atoms with Gasteiger partial charge in [0, 0.05) is 18.6 Å². The lowest BCUT2D eigenvalue weighted by molar-refractivity contribution is 0.266. The molecular weight excluding hydrogens is 198 g/mol. The summed E-state index contributed by atoms with van der Waals surface area (Å²) in [6.07, 6.45) is 1.69. The molecule has 0 radical (unpaired) electrons. The number of aliphatic hydroxyl groups is 1. The molecule has 0 amide bonds. The van der Waals surface area contributed by atoms with Crippen molar-refractivity contribution in [3.05, 3.63) is 34.9 Å². The zero-order valence-electron chi connectivity index (χ0n) is 10.5. The monoisotopic (exact) mass is 221 g/mol. The van der Waals surface area contributed by atoms with Crippen LogP contribution in [-0.2, 0) is 0 Å². The Morgan fingerprint density at radius 3 is 2.56 bits per heavy atom. The molecule has 0 bridgehead atoms. The van der Waals surface area contributed by atoms with Gasteiger partial charge in [-0.1, -0.05) is 30.7 Å². The van der Waals surface area contributed by atoms with Crippen molar-refractivity contribution >= 4 is 0 Å². The van der Waals surface area contributed by atoms with Crippen molar-refractivity contribution in [2.24, 2.45) is 5.73 Å². The smallest absolute Gasteiger partial charge is 0.0437 e. The van der Waals surface area contributed by atoms with Gasteiger partial charge in [0.2, 0.25) is 0 Å². The van der Waals surface area contributed by atoms with Crippen LogP contribution in [0.15, 0.2) is 18.2 Å². The summed E-state index contributed by atoms with van der Waals surface area (Å²) < 4.78 is 0. The lowest BCUT2D eigenvalue weighted by Gasteiger charge is -2.24. The van der Waals surface area contributed by atoms with Gasteiger partial charge in [0.1, 0.15) is 0 Å². The third kappa shape index (κ3) is 3.06. The summed E-state index contributed by atoms with van der Waals surface area (Å²) in [5, 5.41) is 9.15. The van der Waals surface area contributed by atoms with Crippen molar-refractivity contribution in [3.8, 4) is 0 Å².